The van der Waals surface area contributed by atoms with Gasteiger partial charge in [-0.05, 0) is 45.8 Å². The first-order valence-corrected chi connectivity index (χ1v) is 8.90. The molecule has 5 nitrogen and oxygen atoms in total. The van der Waals surface area contributed by atoms with E-state index in [2.05, 4.69) is 15.9 Å². The van der Waals surface area contributed by atoms with Crippen molar-refractivity contribution in [2.75, 3.05) is 33.9 Å². The Morgan fingerprint density at radius 3 is 2.38 bits per heavy atom. The third-order valence-corrected chi connectivity index (χ3v) is 5.07. The average Bonchev–Trinajstić information content (AvgIpc) is 2.68. The van der Waals surface area contributed by atoms with Crippen LogP contribution < -0.4 is 9.47 Å². The SMILES string of the molecule is COc1cc(C(=O)N2CCO[C@H](c3ccc(F)cc3)C2)cc(OC)c1Br. The summed E-state index contributed by atoms with van der Waals surface area (Å²) in [4.78, 5) is 14.7. The maximum atomic E-state index is 13.1. The van der Waals surface area contributed by atoms with Gasteiger partial charge >= 0.3 is 0 Å². The molecule has 0 bridgehead atoms. The highest BCUT2D eigenvalue weighted by Crippen LogP contribution is 2.36. The van der Waals surface area contributed by atoms with Gasteiger partial charge < -0.3 is 19.1 Å². The van der Waals surface area contributed by atoms with Crippen LogP contribution in [0, 0.1) is 5.82 Å². The third-order valence-electron chi connectivity index (χ3n) is 4.29. The zero-order valence-corrected chi connectivity index (χ0v) is 16.1. The molecule has 7 heteroatoms. The minimum Gasteiger partial charge on any atom is -0.495 e. The lowest BCUT2D eigenvalue weighted by molar-refractivity contribution is -0.0228. The first kappa shape index (κ1) is 18.7. The van der Waals surface area contributed by atoms with Crippen molar-refractivity contribution < 1.29 is 23.4 Å². The largest absolute Gasteiger partial charge is 0.495 e. The van der Waals surface area contributed by atoms with Crippen molar-refractivity contribution in [3.8, 4) is 11.5 Å². The van der Waals surface area contributed by atoms with Crippen LogP contribution in [0.1, 0.15) is 22.0 Å². The van der Waals surface area contributed by atoms with Crippen molar-refractivity contribution in [3.63, 3.8) is 0 Å². The minimum atomic E-state index is -0.299. The molecule has 0 radical (unpaired) electrons. The molecule has 0 spiro atoms. The van der Waals surface area contributed by atoms with Crippen LogP contribution in [0.25, 0.3) is 0 Å². The Morgan fingerprint density at radius 2 is 1.81 bits per heavy atom. The van der Waals surface area contributed by atoms with E-state index in [9.17, 15) is 9.18 Å². The molecule has 1 atom stereocenters. The average molecular weight is 424 g/mol. The maximum Gasteiger partial charge on any atom is 0.254 e. The number of halogens is 2. The van der Waals surface area contributed by atoms with Crippen molar-refractivity contribution in [2.24, 2.45) is 0 Å². The van der Waals surface area contributed by atoms with Gasteiger partial charge in [0.1, 0.15) is 27.9 Å². The first-order chi connectivity index (χ1) is 12.5. The van der Waals surface area contributed by atoms with Crippen molar-refractivity contribution in [3.05, 3.63) is 57.8 Å². The Balaban J connectivity index is 1.82. The van der Waals surface area contributed by atoms with E-state index in [1.165, 1.54) is 26.4 Å². The molecular formula is C19H19BrFNO4. The molecule has 1 fully saturated rings. The topological polar surface area (TPSA) is 48.0 Å². The number of nitrogens with zero attached hydrogens (tertiary/aromatic N) is 1. The van der Waals surface area contributed by atoms with E-state index in [1.807, 2.05) is 0 Å². The fourth-order valence-corrected chi connectivity index (χ4v) is 3.44. The van der Waals surface area contributed by atoms with Crippen LogP contribution in [0.2, 0.25) is 0 Å². The molecule has 2 aromatic rings. The Hall–Kier alpha value is -2.12. The standard InChI is InChI=1S/C19H19BrFNO4/c1-24-15-9-13(10-16(25-2)18(15)20)19(23)22-7-8-26-17(11-22)12-3-5-14(21)6-4-12/h3-6,9-10,17H,7-8,11H2,1-2H3/t17-/m0/s1. The van der Waals surface area contributed by atoms with Crippen molar-refractivity contribution in [1.29, 1.82) is 0 Å². The highest BCUT2D eigenvalue weighted by molar-refractivity contribution is 9.10. The van der Waals surface area contributed by atoms with Crippen molar-refractivity contribution >= 4 is 21.8 Å². The number of ether oxygens (including phenoxy) is 3. The summed E-state index contributed by atoms with van der Waals surface area (Å²) >= 11 is 3.40. The van der Waals surface area contributed by atoms with Gasteiger partial charge in [-0.1, -0.05) is 12.1 Å². The Bertz CT molecular complexity index is 772. The fraction of sp³-hybridized carbons (Fsp3) is 0.316. The number of amides is 1. The molecule has 1 heterocycles. The highest BCUT2D eigenvalue weighted by atomic mass is 79.9. The molecule has 1 aliphatic heterocycles. The van der Waals surface area contributed by atoms with Crippen LogP contribution >= 0.6 is 15.9 Å². The van der Waals surface area contributed by atoms with Crippen LogP contribution in [0.3, 0.4) is 0 Å². The fourth-order valence-electron chi connectivity index (χ4n) is 2.89. The summed E-state index contributed by atoms with van der Waals surface area (Å²) in [6.45, 7) is 1.29. The number of hydrogen-bond donors (Lipinski definition) is 0. The van der Waals surface area contributed by atoms with Crippen LogP contribution in [0.5, 0.6) is 11.5 Å². The lowest BCUT2D eigenvalue weighted by Gasteiger charge is -2.33. The normalized spacial score (nSPS) is 17.1. The van der Waals surface area contributed by atoms with Gasteiger partial charge in [0, 0.05) is 12.1 Å². The molecule has 0 saturated carbocycles. The summed E-state index contributed by atoms with van der Waals surface area (Å²) in [5.41, 5.74) is 1.32. The number of rotatable bonds is 4. The van der Waals surface area contributed by atoms with Crippen molar-refractivity contribution in [1.82, 2.24) is 4.90 Å². The summed E-state index contributed by atoms with van der Waals surface area (Å²) in [6, 6.07) is 9.50. The Labute approximate surface area is 159 Å². The van der Waals surface area contributed by atoms with E-state index in [0.29, 0.717) is 41.2 Å². The lowest BCUT2D eigenvalue weighted by atomic mass is 10.1. The smallest absolute Gasteiger partial charge is 0.254 e. The Morgan fingerprint density at radius 1 is 1.19 bits per heavy atom. The molecule has 2 aromatic carbocycles. The summed E-state index contributed by atoms with van der Waals surface area (Å²) in [7, 11) is 3.07. The van der Waals surface area contributed by atoms with E-state index >= 15 is 0 Å². The number of methoxy groups -OCH3 is 2. The molecule has 3 rings (SSSR count). The summed E-state index contributed by atoms with van der Waals surface area (Å²) in [6.07, 6.45) is -0.285. The van der Waals surface area contributed by atoms with Crippen LogP contribution in [0.15, 0.2) is 40.9 Å². The van der Waals surface area contributed by atoms with Gasteiger partial charge in [-0.3, -0.25) is 4.79 Å². The van der Waals surface area contributed by atoms with E-state index in [0.717, 1.165) is 5.56 Å². The van der Waals surface area contributed by atoms with Crippen LogP contribution in [-0.4, -0.2) is 44.7 Å². The van der Waals surface area contributed by atoms with Gasteiger partial charge in [-0.2, -0.15) is 0 Å². The predicted molar refractivity (Wildman–Crippen MR) is 98.2 cm³/mol. The van der Waals surface area contributed by atoms with Crippen LogP contribution in [-0.2, 0) is 4.74 Å². The molecular weight excluding hydrogens is 405 g/mol. The molecule has 26 heavy (non-hydrogen) atoms. The Kier molecular flexibility index (Phi) is 5.78. The van der Waals surface area contributed by atoms with Crippen molar-refractivity contribution in [2.45, 2.75) is 6.10 Å². The first-order valence-electron chi connectivity index (χ1n) is 8.11. The molecule has 1 saturated heterocycles. The monoisotopic (exact) mass is 423 g/mol. The van der Waals surface area contributed by atoms with Gasteiger partial charge in [0.25, 0.3) is 5.91 Å². The number of benzene rings is 2. The number of carbonyl (C=O) groups is 1. The second-order valence-electron chi connectivity index (χ2n) is 5.86. The molecule has 0 unspecified atom stereocenters. The lowest BCUT2D eigenvalue weighted by Crippen LogP contribution is -2.42. The predicted octanol–water partition coefficient (Wildman–Crippen LogP) is 3.82. The second kappa shape index (κ2) is 8.05. The summed E-state index contributed by atoms with van der Waals surface area (Å²) in [5.74, 6) is 0.614. The molecule has 1 aliphatic rings. The van der Waals surface area contributed by atoms with Gasteiger partial charge in [0.2, 0.25) is 0 Å². The zero-order valence-electron chi connectivity index (χ0n) is 14.5. The van der Waals surface area contributed by atoms with Gasteiger partial charge in [-0.25, -0.2) is 4.39 Å². The molecule has 1 amide bonds. The number of carbonyl (C=O) groups excluding carboxylic acids is 1. The van der Waals surface area contributed by atoms with Gasteiger partial charge in [0.05, 0.1) is 27.4 Å². The third kappa shape index (κ3) is 3.83. The van der Waals surface area contributed by atoms with E-state index in [-0.39, 0.29) is 17.8 Å². The molecule has 0 aromatic heterocycles. The van der Waals surface area contributed by atoms with E-state index in [1.54, 1.807) is 29.2 Å². The molecule has 138 valence electrons. The summed E-state index contributed by atoms with van der Waals surface area (Å²) < 4.78 is 30.2. The van der Waals surface area contributed by atoms with Gasteiger partial charge in [0.15, 0.2) is 0 Å². The molecule has 0 N–H and O–H groups in total. The highest BCUT2D eigenvalue weighted by Gasteiger charge is 2.27. The zero-order chi connectivity index (χ0) is 18.7. The van der Waals surface area contributed by atoms with E-state index < -0.39 is 0 Å². The second-order valence-corrected chi connectivity index (χ2v) is 6.65. The quantitative estimate of drug-likeness (QED) is 0.749. The summed E-state index contributed by atoms with van der Waals surface area (Å²) in [5, 5.41) is 0. The van der Waals surface area contributed by atoms with Gasteiger partial charge in [-0.15, -0.1) is 0 Å². The number of hydrogen-bond acceptors (Lipinski definition) is 4. The maximum absolute atomic E-state index is 13.1. The van der Waals surface area contributed by atoms with Crippen LogP contribution in [0.4, 0.5) is 4.39 Å². The van der Waals surface area contributed by atoms with E-state index in [4.69, 9.17) is 14.2 Å². The molecule has 0 aliphatic carbocycles. The minimum absolute atomic E-state index is 0.135. The number of morpholine rings is 1.